The molecule has 2 heterocycles. The fourth-order valence-electron chi connectivity index (χ4n) is 2.29. The predicted octanol–water partition coefficient (Wildman–Crippen LogP) is 3.36. The number of anilines is 2. The van der Waals surface area contributed by atoms with Crippen LogP contribution in [0.2, 0.25) is 0 Å². The summed E-state index contributed by atoms with van der Waals surface area (Å²) in [6, 6.07) is 11.8. The lowest BCUT2D eigenvalue weighted by atomic mass is 10.1. The molecule has 0 aliphatic rings. The number of hydrogen-bond donors (Lipinski definition) is 2. The van der Waals surface area contributed by atoms with Crippen LogP contribution in [0.4, 0.5) is 10.9 Å². The van der Waals surface area contributed by atoms with Gasteiger partial charge in [-0.2, -0.15) is 0 Å². The van der Waals surface area contributed by atoms with Gasteiger partial charge in [-0.05, 0) is 29.7 Å². The summed E-state index contributed by atoms with van der Waals surface area (Å²) in [7, 11) is 0. The second kappa shape index (κ2) is 7.65. The van der Waals surface area contributed by atoms with Crippen molar-refractivity contribution in [1.29, 1.82) is 0 Å². The van der Waals surface area contributed by atoms with Gasteiger partial charge in [-0.1, -0.05) is 42.5 Å². The number of aryl methyl sites for hydroxylation is 1. The van der Waals surface area contributed by atoms with E-state index in [0.29, 0.717) is 17.2 Å². The van der Waals surface area contributed by atoms with Crippen LogP contribution in [0.15, 0.2) is 48.1 Å². The molecule has 122 valence electrons. The number of pyridine rings is 1. The van der Waals surface area contributed by atoms with Crippen molar-refractivity contribution < 1.29 is 4.79 Å². The molecule has 1 aromatic carbocycles. The van der Waals surface area contributed by atoms with Gasteiger partial charge in [0.25, 0.3) is 5.91 Å². The number of carbonyl (C=O) groups is 1. The van der Waals surface area contributed by atoms with Crippen molar-refractivity contribution in [2.24, 2.45) is 0 Å². The minimum absolute atomic E-state index is 0.248. The Morgan fingerprint density at radius 2 is 2.00 bits per heavy atom. The van der Waals surface area contributed by atoms with E-state index >= 15 is 0 Å². The van der Waals surface area contributed by atoms with E-state index in [2.05, 4.69) is 44.9 Å². The number of benzene rings is 1. The molecule has 0 fully saturated rings. The van der Waals surface area contributed by atoms with Gasteiger partial charge in [0.05, 0.1) is 5.56 Å². The molecule has 0 unspecified atom stereocenters. The van der Waals surface area contributed by atoms with Crippen molar-refractivity contribution in [3.05, 3.63) is 64.8 Å². The maximum atomic E-state index is 12.1. The lowest BCUT2D eigenvalue weighted by Crippen LogP contribution is -2.12. The van der Waals surface area contributed by atoms with E-state index < -0.39 is 0 Å². The van der Waals surface area contributed by atoms with Gasteiger partial charge >= 0.3 is 0 Å². The Kier molecular flexibility index (Phi) is 5.12. The Balaban J connectivity index is 1.61. The maximum absolute atomic E-state index is 12.1. The second-order valence-electron chi connectivity index (χ2n) is 5.11. The molecule has 24 heavy (non-hydrogen) atoms. The van der Waals surface area contributed by atoms with Crippen molar-refractivity contribution in [2.75, 3.05) is 10.6 Å². The van der Waals surface area contributed by atoms with Gasteiger partial charge in [0.15, 0.2) is 0 Å². The topological polar surface area (TPSA) is 79.8 Å². The Morgan fingerprint density at radius 3 is 2.67 bits per heavy atom. The monoisotopic (exact) mass is 339 g/mol. The van der Waals surface area contributed by atoms with Crippen LogP contribution in [-0.4, -0.2) is 21.1 Å². The van der Waals surface area contributed by atoms with Crippen LogP contribution in [0.25, 0.3) is 0 Å². The summed E-state index contributed by atoms with van der Waals surface area (Å²) >= 11 is 1.27. The number of nitrogens with zero attached hydrogens (tertiary/aromatic N) is 3. The summed E-state index contributed by atoms with van der Waals surface area (Å²) < 4.78 is 0. The quantitative estimate of drug-likeness (QED) is 0.720. The van der Waals surface area contributed by atoms with Gasteiger partial charge in [-0.15, -0.1) is 10.2 Å². The smallest absolute Gasteiger partial charge is 0.259 e. The van der Waals surface area contributed by atoms with Crippen LogP contribution in [0.1, 0.15) is 28.4 Å². The van der Waals surface area contributed by atoms with Crippen molar-refractivity contribution in [3.8, 4) is 0 Å². The SMILES string of the molecule is CCc1ccccc1CNc1ccc(C(=O)Nc2nncs2)cn1. The third-order valence-corrected chi connectivity index (χ3v) is 4.17. The van der Waals surface area contributed by atoms with E-state index in [-0.39, 0.29) is 5.91 Å². The molecule has 3 aromatic rings. The number of hydrogen-bond acceptors (Lipinski definition) is 6. The third-order valence-electron chi connectivity index (χ3n) is 3.57. The van der Waals surface area contributed by atoms with Gasteiger partial charge in [-0.3, -0.25) is 10.1 Å². The molecule has 1 amide bonds. The van der Waals surface area contributed by atoms with Crippen molar-refractivity contribution in [2.45, 2.75) is 19.9 Å². The standard InChI is InChI=1S/C17H17N5OS/c1-2-12-5-3-4-6-13(12)9-18-15-8-7-14(10-19-15)16(23)21-17-22-20-11-24-17/h3-8,10-11H,2,9H2,1H3,(H,18,19)(H,21,22,23). The van der Waals surface area contributed by atoms with Gasteiger partial charge in [-0.25, -0.2) is 4.98 Å². The summed E-state index contributed by atoms with van der Waals surface area (Å²) in [5.41, 5.74) is 4.61. The Labute approximate surface area is 144 Å². The Morgan fingerprint density at radius 1 is 1.17 bits per heavy atom. The number of rotatable bonds is 6. The van der Waals surface area contributed by atoms with Crippen molar-refractivity contribution in [1.82, 2.24) is 15.2 Å². The minimum atomic E-state index is -0.248. The highest BCUT2D eigenvalue weighted by Gasteiger charge is 2.08. The second-order valence-corrected chi connectivity index (χ2v) is 5.94. The minimum Gasteiger partial charge on any atom is -0.366 e. The average molecular weight is 339 g/mol. The Hall–Kier alpha value is -2.80. The van der Waals surface area contributed by atoms with E-state index in [1.54, 1.807) is 23.8 Å². The van der Waals surface area contributed by atoms with E-state index in [9.17, 15) is 4.79 Å². The molecule has 0 aliphatic carbocycles. The number of aromatic nitrogens is 3. The molecule has 0 saturated heterocycles. The largest absolute Gasteiger partial charge is 0.366 e. The zero-order valence-corrected chi connectivity index (χ0v) is 14.0. The molecule has 0 saturated carbocycles. The van der Waals surface area contributed by atoms with Crippen LogP contribution in [0, 0.1) is 0 Å². The van der Waals surface area contributed by atoms with E-state index in [0.717, 1.165) is 12.2 Å². The molecule has 0 bridgehead atoms. The third kappa shape index (κ3) is 3.94. The predicted molar refractivity (Wildman–Crippen MR) is 95.2 cm³/mol. The van der Waals surface area contributed by atoms with Gasteiger partial charge in [0.2, 0.25) is 5.13 Å². The van der Waals surface area contributed by atoms with E-state index in [1.807, 2.05) is 12.1 Å². The average Bonchev–Trinajstić information content (AvgIpc) is 3.13. The molecule has 6 nitrogen and oxygen atoms in total. The molecule has 0 spiro atoms. The van der Waals surface area contributed by atoms with Crippen LogP contribution in [-0.2, 0) is 13.0 Å². The van der Waals surface area contributed by atoms with E-state index in [1.165, 1.54) is 22.5 Å². The summed E-state index contributed by atoms with van der Waals surface area (Å²) in [5, 5.41) is 13.9. The summed E-state index contributed by atoms with van der Waals surface area (Å²) in [6.45, 7) is 2.84. The molecule has 0 atom stereocenters. The molecule has 0 radical (unpaired) electrons. The zero-order chi connectivity index (χ0) is 16.8. The normalized spacial score (nSPS) is 10.4. The first-order valence-corrected chi connectivity index (χ1v) is 8.48. The van der Waals surface area contributed by atoms with Gasteiger partial charge in [0.1, 0.15) is 11.3 Å². The first-order chi connectivity index (χ1) is 11.8. The molecule has 2 aromatic heterocycles. The number of amides is 1. The van der Waals surface area contributed by atoms with Crippen molar-refractivity contribution in [3.63, 3.8) is 0 Å². The lowest BCUT2D eigenvalue weighted by Gasteiger charge is -2.10. The highest BCUT2D eigenvalue weighted by molar-refractivity contribution is 7.13. The molecule has 7 heteroatoms. The summed E-state index contributed by atoms with van der Waals surface area (Å²) in [6.07, 6.45) is 2.54. The van der Waals surface area contributed by atoms with Crippen LogP contribution in [0.5, 0.6) is 0 Å². The first-order valence-electron chi connectivity index (χ1n) is 7.60. The maximum Gasteiger partial charge on any atom is 0.259 e. The fourth-order valence-corrected chi connectivity index (χ4v) is 2.73. The molecule has 3 rings (SSSR count). The van der Waals surface area contributed by atoms with E-state index in [4.69, 9.17) is 0 Å². The highest BCUT2D eigenvalue weighted by atomic mass is 32.1. The zero-order valence-electron chi connectivity index (χ0n) is 13.2. The highest BCUT2D eigenvalue weighted by Crippen LogP contribution is 2.14. The number of carbonyl (C=O) groups excluding carboxylic acids is 1. The van der Waals surface area contributed by atoms with Crippen LogP contribution >= 0.6 is 11.3 Å². The van der Waals surface area contributed by atoms with Crippen molar-refractivity contribution >= 4 is 28.2 Å². The van der Waals surface area contributed by atoms with Crippen LogP contribution < -0.4 is 10.6 Å². The van der Waals surface area contributed by atoms with Gasteiger partial charge in [0, 0.05) is 12.7 Å². The molecule has 2 N–H and O–H groups in total. The molecular weight excluding hydrogens is 322 g/mol. The summed E-state index contributed by atoms with van der Waals surface area (Å²) in [5.74, 6) is 0.482. The number of nitrogens with one attached hydrogen (secondary N) is 2. The summed E-state index contributed by atoms with van der Waals surface area (Å²) in [4.78, 5) is 16.3. The first kappa shape index (κ1) is 16.1. The molecular formula is C17H17N5OS. The molecule has 0 aliphatic heterocycles. The fraction of sp³-hybridized carbons (Fsp3) is 0.176. The van der Waals surface area contributed by atoms with Crippen LogP contribution in [0.3, 0.4) is 0 Å². The Bertz CT molecular complexity index is 802. The lowest BCUT2D eigenvalue weighted by molar-refractivity contribution is 0.102. The van der Waals surface area contributed by atoms with Gasteiger partial charge < -0.3 is 5.32 Å².